The van der Waals surface area contributed by atoms with Crippen LogP contribution in [0.3, 0.4) is 0 Å². The molecule has 2 aliphatic heterocycles. The van der Waals surface area contributed by atoms with Crippen molar-refractivity contribution in [2.45, 2.75) is 18.9 Å². The quantitative estimate of drug-likeness (QED) is 0.761. The van der Waals surface area contributed by atoms with Crippen LogP contribution >= 0.6 is 11.6 Å². The van der Waals surface area contributed by atoms with Crippen LogP contribution in [0.15, 0.2) is 12.1 Å². The number of amides is 2. The normalized spacial score (nSPS) is 20.9. The van der Waals surface area contributed by atoms with E-state index >= 15 is 0 Å². The van der Waals surface area contributed by atoms with Crippen LogP contribution < -0.4 is 15.5 Å². The molecule has 2 N–H and O–H groups in total. The van der Waals surface area contributed by atoms with Gasteiger partial charge in [-0.3, -0.25) is 19.6 Å². The number of nitriles is 1. The van der Waals surface area contributed by atoms with Gasteiger partial charge in [-0.25, -0.2) is 0 Å². The van der Waals surface area contributed by atoms with E-state index in [0.29, 0.717) is 22.9 Å². The Morgan fingerprint density at radius 2 is 2.04 bits per heavy atom. The van der Waals surface area contributed by atoms with E-state index < -0.39 is 11.9 Å². The molecule has 9 heteroatoms. The van der Waals surface area contributed by atoms with Crippen molar-refractivity contribution in [3.05, 3.63) is 22.8 Å². The molecule has 2 amide bonds. The summed E-state index contributed by atoms with van der Waals surface area (Å²) in [6, 6.07) is 5.23. The van der Waals surface area contributed by atoms with E-state index in [9.17, 15) is 14.9 Å². The highest BCUT2D eigenvalue weighted by atomic mass is 35.5. The Bertz CT molecular complexity index is 941. The zero-order chi connectivity index (χ0) is 18.3. The van der Waals surface area contributed by atoms with E-state index in [4.69, 9.17) is 11.6 Å². The number of hydrogen-bond acceptors (Lipinski definition) is 6. The summed E-state index contributed by atoms with van der Waals surface area (Å²) in [5, 5.41) is 20.5. The monoisotopic (exact) mass is 372 g/mol. The Balaban J connectivity index is 1.81. The summed E-state index contributed by atoms with van der Waals surface area (Å²) in [6.45, 7) is 3.32. The third kappa shape index (κ3) is 2.79. The molecule has 2 saturated heterocycles. The number of carbonyl (C=O) groups is 2. The van der Waals surface area contributed by atoms with E-state index in [-0.39, 0.29) is 17.5 Å². The molecule has 0 radical (unpaired) electrons. The number of hydrogen-bond donors (Lipinski definition) is 2. The van der Waals surface area contributed by atoms with Crippen LogP contribution in [0.5, 0.6) is 0 Å². The number of anilines is 1. The van der Waals surface area contributed by atoms with Crippen molar-refractivity contribution in [2.24, 2.45) is 0 Å². The van der Waals surface area contributed by atoms with E-state index in [0.717, 1.165) is 31.9 Å². The maximum atomic E-state index is 12.2. The number of imide groups is 1. The summed E-state index contributed by atoms with van der Waals surface area (Å²) in [5.41, 5.74) is 1.97. The first-order valence-electron chi connectivity index (χ1n) is 8.49. The largest absolute Gasteiger partial charge is 0.368 e. The van der Waals surface area contributed by atoms with Crippen molar-refractivity contribution in [2.75, 3.05) is 31.1 Å². The Morgan fingerprint density at radius 3 is 2.73 bits per heavy atom. The number of nitrogens with one attached hydrogen (secondary N) is 2. The molecule has 0 saturated carbocycles. The van der Waals surface area contributed by atoms with Gasteiger partial charge in [0.25, 0.3) is 5.91 Å². The van der Waals surface area contributed by atoms with Crippen LogP contribution in [0.1, 0.15) is 24.4 Å². The average molecular weight is 373 g/mol. The zero-order valence-corrected chi connectivity index (χ0v) is 14.7. The van der Waals surface area contributed by atoms with Crippen LogP contribution in [0, 0.1) is 11.3 Å². The molecular weight excluding hydrogens is 356 g/mol. The number of piperidine rings is 1. The SMILES string of the molecule is N#Cc1cc2c(cc1N1CCNCC1)c(Cl)nn2C1CCC(=O)NC1=O. The van der Waals surface area contributed by atoms with Gasteiger partial charge in [-0.15, -0.1) is 0 Å². The van der Waals surface area contributed by atoms with Gasteiger partial charge in [0.1, 0.15) is 12.1 Å². The zero-order valence-electron chi connectivity index (χ0n) is 14.0. The van der Waals surface area contributed by atoms with Gasteiger partial charge < -0.3 is 10.2 Å². The van der Waals surface area contributed by atoms with E-state index in [2.05, 4.69) is 26.7 Å². The van der Waals surface area contributed by atoms with Gasteiger partial charge in [-0.2, -0.15) is 10.4 Å². The van der Waals surface area contributed by atoms with E-state index in [1.807, 2.05) is 6.07 Å². The second-order valence-corrected chi connectivity index (χ2v) is 6.80. The van der Waals surface area contributed by atoms with Gasteiger partial charge >= 0.3 is 0 Å². The van der Waals surface area contributed by atoms with Crippen molar-refractivity contribution in [3.63, 3.8) is 0 Å². The highest BCUT2D eigenvalue weighted by Gasteiger charge is 2.31. The molecule has 8 nitrogen and oxygen atoms in total. The molecule has 1 unspecified atom stereocenters. The number of aromatic nitrogens is 2. The fraction of sp³-hybridized carbons (Fsp3) is 0.412. The summed E-state index contributed by atoms with van der Waals surface area (Å²) >= 11 is 6.34. The Labute approximate surface area is 154 Å². The molecule has 2 aromatic rings. The van der Waals surface area contributed by atoms with Gasteiger partial charge in [-0.05, 0) is 18.6 Å². The lowest BCUT2D eigenvalue weighted by Gasteiger charge is -2.30. The Kier molecular flexibility index (Phi) is 4.26. The standard InChI is InChI=1S/C17H17ClN6O2/c18-16-11-8-13(23-5-3-20-4-6-23)10(9-19)7-14(11)24(22-16)12-1-2-15(25)21-17(12)26/h7-8,12,20H,1-6H2,(H,21,25,26). The minimum absolute atomic E-state index is 0.249. The molecule has 4 rings (SSSR count). The topological polar surface area (TPSA) is 103 Å². The van der Waals surface area contributed by atoms with Crippen molar-refractivity contribution >= 4 is 40.0 Å². The summed E-state index contributed by atoms with van der Waals surface area (Å²) in [7, 11) is 0. The average Bonchev–Trinajstić information content (AvgIpc) is 2.97. The summed E-state index contributed by atoms with van der Waals surface area (Å²) < 4.78 is 1.53. The number of rotatable bonds is 2. The number of carbonyl (C=O) groups excluding carboxylic acids is 2. The number of halogens is 1. The first-order valence-corrected chi connectivity index (χ1v) is 8.87. The molecule has 0 spiro atoms. The summed E-state index contributed by atoms with van der Waals surface area (Å²) in [5.74, 6) is -0.681. The number of benzene rings is 1. The molecule has 3 heterocycles. The highest BCUT2D eigenvalue weighted by Crippen LogP contribution is 2.34. The summed E-state index contributed by atoms with van der Waals surface area (Å²) in [4.78, 5) is 25.8. The van der Waals surface area contributed by atoms with E-state index in [1.54, 1.807) is 6.07 Å². The summed E-state index contributed by atoms with van der Waals surface area (Å²) in [6.07, 6.45) is 0.610. The minimum atomic E-state index is -0.612. The van der Waals surface area contributed by atoms with Crippen molar-refractivity contribution in [3.8, 4) is 6.07 Å². The predicted molar refractivity (Wildman–Crippen MR) is 96.0 cm³/mol. The molecule has 1 aromatic carbocycles. The molecular formula is C17H17ClN6O2. The number of piperazine rings is 1. The molecule has 1 atom stereocenters. The van der Waals surface area contributed by atoms with Gasteiger partial charge in [0.05, 0.1) is 16.8 Å². The Morgan fingerprint density at radius 1 is 1.27 bits per heavy atom. The first-order chi connectivity index (χ1) is 12.6. The fourth-order valence-corrected chi connectivity index (χ4v) is 3.78. The lowest BCUT2D eigenvalue weighted by atomic mass is 10.1. The maximum Gasteiger partial charge on any atom is 0.251 e. The van der Waals surface area contributed by atoms with Gasteiger partial charge in [0.2, 0.25) is 5.91 Å². The van der Waals surface area contributed by atoms with Crippen LogP contribution in [-0.2, 0) is 9.59 Å². The molecule has 26 heavy (non-hydrogen) atoms. The van der Waals surface area contributed by atoms with Crippen molar-refractivity contribution < 1.29 is 9.59 Å². The number of nitrogens with zero attached hydrogens (tertiary/aromatic N) is 4. The van der Waals surface area contributed by atoms with Gasteiger partial charge in [0.15, 0.2) is 5.15 Å². The predicted octanol–water partition coefficient (Wildman–Crippen LogP) is 0.949. The van der Waals surface area contributed by atoms with Crippen molar-refractivity contribution in [1.29, 1.82) is 5.26 Å². The number of fused-ring (bicyclic) bond motifs is 1. The van der Waals surface area contributed by atoms with Crippen molar-refractivity contribution in [1.82, 2.24) is 20.4 Å². The van der Waals surface area contributed by atoms with Gasteiger partial charge in [-0.1, -0.05) is 11.6 Å². The second-order valence-electron chi connectivity index (χ2n) is 6.44. The molecule has 0 aliphatic carbocycles. The van der Waals surface area contributed by atoms with Crippen LogP contribution in [-0.4, -0.2) is 47.8 Å². The van der Waals surface area contributed by atoms with Gasteiger partial charge in [0, 0.05) is 38.0 Å². The molecule has 2 fully saturated rings. The molecule has 0 bridgehead atoms. The second kappa shape index (κ2) is 6.59. The highest BCUT2D eigenvalue weighted by molar-refractivity contribution is 6.34. The smallest absolute Gasteiger partial charge is 0.251 e. The molecule has 134 valence electrons. The third-order valence-corrected chi connectivity index (χ3v) is 5.14. The molecule has 2 aliphatic rings. The molecule has 1 aromatic heterocycles. The lowest BCUT2D eigenvalue weighted by molar-refractivity contribution is -0.135. The fourth-order valence-electron chi connectivity index (χ4n) is 3.54. The lowest BCUT2D eigenvalue weighted by Crippen LogP contribution is -2.43. The first kappa shape index (κ1) is 16.8. The minimum Gasteiger partial charge on any atom is -0.368 e. The van der Waals surface area contributed by atoms with Crippen LogP contribution in [0.25, 0.3) is 10.9 Å². The maximum absolute atomic E-state index is 12.2. The van der Waals surface area contributed by atoms with Crippen LogP contribution in [0.4, 0.5) is 5.69 Å². The third-order valence-electron chi connectivity index (χ3n) is 4.86. The van der Waals surface area contributed by atoms with Crippen LogP contribution in [0.2, 0.25) is 5.15 Å². The Hall–Kier alpha value is -2.63. The van der Waals surface area contributed by atoms with E-state index in [1.165, 1.54) is 4.68 Å².